The predicted octanol–water partition coefficient (Wildman–Crippen LogP) is 13.8. The Morgan fingerprint density at radius 2 is 1.12 bits per heavy atom. The fraction of sp³-hybridized carbons (Fsp3) is 0.0638. The van der Waals surface area contributed by atoms with E-state index in [2.05, 4.69) is 183 Å². The van der Waals surface area contributed by atoms with E-state index >= 15 is 0 Å². The molecule has 0 unspecified atom stereocenters. The highest BCUT2D eigenvalue weighted by Gasteiger charge is 2.35. The molecule has 0 fully saturated rings. The van der Waals surface area contributed by atoms with Gasteiger partial charge in [0.25, 0.3) is 0 Å². The largest absolute Gasteiger partial charge is 0.310 e. The number of rotatable bonds is 4. The number of benzene rings is 8. The quantitative estimate of drug-likeness (QED) is 0.184. The molecule has 1 aliphatic rings. The topological polar surface area (TPSA) is 3.24 Å². The molecule has 0 aliphatic heterocycles. The lowest BCUT2D eigenvalue weighted by Crippen LogP contribution is -2.15. The zero-order chi connectivity index (χ0) is 32.7. The van der Waals surface area contributed by atoms with Crippen LogP contribution in [0.15, 0.2) is 164 Å². The molecule has 0 spiro atoms. The van der Waals surface area contributed by atoms with Crippen molar-refractivity contribution in [2.24, 2.45) is 0 Å². The molecule has 1 nitrogen and oxygen atoms in total. The molecule has 0 bridgehead atoms. The number of nitrogens with zero attached hydrogens (tertiary/aromatic N) is 1. The average Bonchev–Trinajstić information content (AvgIpc) is 3.63. The van der Waals surface area contributed by atoms with Gasteiger partial charge in [-0.15, -0.1) is 11.3 Å². The summed E-state index contributed by atoms with van der Waals surface area (Å²) in [5, 5.41) is 7.55. The van der Waals surface area contributed by atoms with E-state index in [1.54, 1.807) is 0 Å². The lowest BCUT2D eigenvalue weighted by Gasteiger charge is -2.28. The predicted molar refractivity (Wildman–Crippen MR) is 212 cm³/mol. The Bertz CT molecular complexity index is 2760. The number of thiophene rings is 1. The van der Waals surface area contributed by atoms with E-state index in [9.17, 15) is 0 Å². The zero-order valence-corrected chi connectivity index (χ0v) is 28.3. The highest BCUT2D eigenvalue weighted by atomic mass is 32.1. The minimum Gasteiger partial charge on any atom is -0.310 e. The van der Waals surface area contributed by atoms with Gasteiger partial charge in [-0.3, -0.25) is 0 Å². The van der Waals surface area contributed by atoms with Crippen LogP contribution in [0.3, 0.4) is 0 Å². The lowest BCUT2D eigenvalue weighted by molar-refractivity contribution is 0.660. The van der Waals surface area contributed by atoms with Crippen LogP contribution in [0, 0.1) is 0 Å². The Balaban J connectivity index is 1.23. The Labute approximate surface area is 290 Å². The number of anilines is 3. The molecule has 0 radical (unpaired) electrons. The second-order valence-corrected chi connectivity index (χ2v) is 14.8. The summed E-state index contributed by atoms with van der Waals surface area (Å²) in [5.41, 5.74) is 11.4. The lowest BCUT2D eigenvalue weighted by atomic mass is 9.81. The molecule has 0 N–H and O–H groups in total. The Kier molecular flexibility index (Phi) is 6.16. The summed E-state index contributed by atoms with van der Waals surface area (Å²) in [4.78, 5) is 2.47. The molecule has 1 heterocycles. The van der Waals surface area contributed by atoms with Crippen molar-refractivity contribution in [2.45, 2.75) is 19.3 Å². The van der Waals surface area contributed by atoms with Crippen molar-refractivity contribution in [2.75, 3.05) is 4.90 Å². The fourth-order valence-corrected chi connectivity index (χ4v) is 9.30. The molecule has 0 saturated heterocycles. The number of hydrogen-bond donors (Lipinski definition) is 0. The van der Waals surface area contributed by atoms with Crippen molar-refractivity contribution in [1.29, 1.82) is 0 Å². The average molecular weight is 644 g/mol. The molecule has 49 heavy (non-hydrogen) atoms. The van der Waals surface area contributed by atoms with Gasteiger partial charge in [0, 0.05) is 42.3 Å². The van der Waals surface area contributed by atoms with Crippen LogP contribution in [0.1, 0.15) is 25.0 Å². The zero-order valence-electron chi connectivity index (χ0n) is 27.4. The molecule has 232 valence electrons. The standard InChI is InChI=1S/C47H33NS/c1-47(2)41-18-7-5-15-37(41)38-25-22-33(28-42(38)47)36-17-9-13-31-14-10-19-43(46(31)36)48(34-23-21-30-11-3-4-12-32(30)27-34)35-24-26-45-40(29-35)39-16-6-8-20-44(39)49-45/h3-29H,1-2H3. The summed E-state index contributed by atoms with van der Waals surface area (Å²) >= 11 is 1.86. The maximum atomic E-state index is 2.47. The number of fused-ring (bicyclic) bond motifs is 8. The van der Waals surface area contributed by atoms with Gasteiger partial charge in [0.05, 0.1) is 5.69 Å². The van der Waals surface area contributed by atoms with Crippen molar-refractivity contribution in [3.05, 3.63) is 175 Å². The van der Waals surface area contributed by atoms with Crippen LogP contribution in [0.5, 0.6) is 0 Å². The molecule has 8 aromatic carbocycles. The summed E-state index contributed by atoms with van der Waals surface area (Å²) in [6.45, 7) is 4.73. The molecule has 9 aromatic rings. The summed E-state index contributed by atoms with van der Waals surface area (Å²) in [6, 6.07) is 60.8. The molecule has 1 aromatic heterocycles. The van der Waals surface area contributed by atoms with Crippen molar-refractivity contribution < 1.29 is 0 Å². The van der Waals surface area contributed by atoms with Gasteiger partial charge in [0.15, 0.2) is 0 Å². The van der Waals surface area contributed by atoms with Gasteiger partial charge >= 0.3 is 0 Å². The van der Waals surface area contributed by atoms with E-state index in [4.69, 9.17) is 0 Å². The van der Waals surface area contributed by atoms with E-state index in [-0.39, 0.29) is 5.41 Å². The van der Waals surface area contributed by atoms with Gasteiger partial charge in [0.2, 0.25) is 0 Å². The van der Waals surface area contributed by atoms with Crippen molar-refractivity contribution in [3.63, 3.8) is 0 Å². The summed E-state index contributed by atoms with van der Waals surface area (Å²) in [6.07, 6.45) is 0. The minimum atomic E-state index is -0.0643. The molecular formula is C47H33NS. The third kappa shape index (κ3) is 4.31. The molecule has 0 amide bonds. The first-order valence-corrected chi connectivity index (χ1v) is 17.8. The molecule has 1 aliphatic carbocycles. The normalized spacial score (nSPS) is 13.3. The Morgan fingerprint density at radius 1 is 0.449 bits per heavy atom. The second kappa shape index (κ2) is 10.7. The summed E-state index contributed by atoms with van der Waals surface area (Å²) in [5.74, 6) is 0. The van der Waals surface area contributed by atoms with Crippen LogP contribution in [-0.2, 0) is 5.41 Å². The van der Waals surface area contributed by atoms with Crippen molar-refractivity contribution >= 4 is 70.1 Å². The van der Waals surface area contributed by atoms with E-state index in [0.717, 1.165) is 11.4 Å². The van der Waals surface area contributed by atoms with E-state index in [1.165, 1.54) is 80.8 Å². The van der Waals surface area contributed by atoms with Crippen molar-refractivity contribution in [3.8, 4) is 22.3 Å². The molecule has 2 heteroatoms. The first kappa shape index (κ1) is 28.3. The SMILES string of the molecule is CC1(C)c2ccccc2-c2ccc(-c3cccc4cccc(N(c5ccc6ccccc6c5)c5ccc6sc7ccccc7c6c5)c34)cc21. The maximum absolute atomic E-state index is 2.47. The second-order valence-electron chi connectivity index (χ2n) is 13.8. The van der Waals surface area contributed by atoms with Crippen LogP contribution >= 0.6 is 11.3 Å². The van der Waals surface area contributed by atoms with Crippen LogP contribution < -0.4 is 4.90 Å². The highest BCUT2D eigenvalue weighted by molar-refractivity contribution is 7.25. The van der Waals surface area contributed by atoms with Gasteiger partial charge in [0.1, 0.15) is 0 Å². The van der Waals surface area contributed by atoms with Gasteiger partial charge in [-0.05, 0) is 98.1 Å². The van der Waals surface area contributed by atoms with Gasteiger partial charge in [-0.1, -0.05) is 129 Å². The summed E-state index contributed by atoms with van der Waals surface area (Å²) < 4.78 is 2.63. The maximum Gasteiger partial charge on any atom is 0.0546 e. The summed E-state index contributed by atoms with van der Waals surface area (Å²) in [7, 11) is 0. The van der Waals surface area contributed by atoms with E-state index in [1.807, 2.05) is 11.3 Å². The monoisotopic (exact) mass is 643 g/mol. The minimum absolute atomic E-state index is 0.0643. The van der Waals surface area contributed by atoms with Crippen LogP contribution in [0.4, 0.5) is 17.1 Å². The first-order valence-electron chi connectivity index (χ1n) is 17.0. The van der Waals surface area contributed by atoms with E-state index in [0.29, 0.717) is 0 Å². The van der Waals surface area contributed by atoms with Gasteiger partial charge in [-0.25, -0.2) is 0 Å². The smallest absolute Gasteiger partial charge is 0.0546 e. The van der Waals surface area contributed by atoms with Crippen molar-refractivity contribution in [1.82, 2.24) is 0 Å². The van der Waals surface area contributed by atoms with Crippen LogP contribution in [0.25, 0.3) is 64.0 Å². The molecule has 0 atom stereocenters. The Hall–Kier alpha value is -5.70. The van der Waals surface area contributed by atoms with Crippen LogP contribution in [0.2, 0.25) is 0 Å². The van der Waals surface area contributed by atoms with Gasteiger partial charge in [-0.2, -0.15) is 0 Å². The molecular weight excluding hydrogens is 611 g/mol. The van der Waals surface area contributed by atoms with Crippen LogP contribution in [-0.4, -0.2) is 0 Å². The third-order valence-electron chi connectivity index (χ3n) is 10.6. The third-order valence-corrected chi connectivity index (χ3v) is 11.8. The highest BCUT2D eigenvalue weighted by Crippen LogP contribution is 2.51. The molecule has 10 rings (SSSR count). The first-order chi connectivity index (χ1) is 24.0. The fourth-order valence-electron chi connectivity index (χ4n) is 8.22. The number of hydrogen-bond acceptors (Lipinski definition) is 2. The molecule has 0 saturated carbocycles. The van der Waals surface area contributed by atoms with Gasteiger partial charge < -0.3 is 4.90 Å². The Morgan fingerprint density at radius 3 is 2.04 bits per heavy atom. The van der Waals surface area contributed by atoms with E-state index < -0.39 is 0 Å².